The molecule has 1 aromatic carbocycles. The number of rotatable bonds is 7. The molecule has 0 spiro atoms. The summed E-state index contributed by atoms with van der Waals surface area (Å²) in [4.78, 5) is 9.16. The second-order valence-electron chi connectivity index (χ2n) is 7.26. The molecule has 2 aromatic rings. The molecule has 25 heavy (non-hydrogen) atoms. The first-order valence-corrected chi connectivity index (χ1v) is 9.31. The van der Waals surface area contributed by atoms with Crippen molar-refractivity contribution in [2.24, 2.45) is 0 Å². The van der Waals surface area contributed by atoms with Crippen molar-refractivity contribution < 1.29 is 0 Å². The number of hydrogen-bond donors (Lipinski definition) is 1. The van der Waals surface area contributed by atoms with Crippen molar-refractivity contribution in [2.45, 2.75) is 31.3 Å². The smallest absolute Gasteiger partial charge is 0.128 e. The van der Waals surface area contributed by atoms with E-state index in [-0.39, 0.29) is 0 Å². The lowest BCUT2D eigenvalue weighted by Gasteiger charge is -2.36. The summed E-state index contributed by atoms with van der Waals surface area (Å²) in [5.74, 6) is 1.11. The van der Waals surface area contributed by atoms with Gasteiger partial charge in [0.1, 0.15) is 5.82 Å². The van der Waals surface area contributed by atoms with Crippen LogP contribution in [0.4, 0.5) is 5.82 Å². The Hall–Kier alpha value is -1.91. The molecule has 4 nitrogen and oxygen atoms in total. The molecule has 1 aliphatic rings. The first-order valence-electron chi connectivity index (χ1n) is 9.31. The summed E-state index contributed by atoms with van der Waals surface area (Å²) in [6.07, 6.45) is 5.32. The molecule has 0 bridgehead atoms. The summed E-state index contributed by atoms with van der Waals surface area (Å²) in [7, 11) is 4.31. The van der Waals surface area contributed by atoms with E-state index in [1.807, 2.05) is 12.3 Å². The van der Waals surface area contributed by atoms with Crippen LogP contribution < -0.4 is 10.2 Å². The molecule has 134 valence electrons. The molecule has 1 atom stereocenters. The summed E-state index contributed by atoms with van der Waals surface area (Å²) < 4.78 is 0. The molecule has 1 fully saturated rings. The normalized spacial score (nSPS) is 17.0. The SMILES string of the molecule is CN(C)C[C@H](Cc1ccccc1)NC1CCN(c2ccccn2)CC1. The Labute approximate surface area is 151 Å². The van der Waals surface area contributed by atoms with Crippen LogP contribution in [-0.4, -0.2) is 55.7 Å². The summed E-state index contributed by atoms with van der Waals surface area (Å²) in [5, 5.41) is 3.92. The molecule has 1 aliphatic heterocycles. The van der Waals surface area contributed by atoms with Crippen LogP contribution in [-0.2, 0) is 6.42 Å². The Morgan fingerprint density at radius 3 is 2.44 bits per heavy atom. The molecule has 4 heteroatoms. The van der Waals surface area contributed by atoms with Gasteiger partial charge >= 0.3 is 0 Å². The highest BCUT2D eigenvalue weighted by atomic mass is 15.2. The monoisotopic (exact) mass is 338 g/mol. The highest BCUT2D eigenvalue weighted by Crippen LogP contribution is 2.18. The van der Waals surface area contributed by atoms with Gasteiger partial charge in [-0.05, 0) is 51.1 Å². The van der Waals surface area contributed by atoms with Crippen LogP contribution in [0.1, 0.15) is 18.4 Å². The zero-order chi connectivity index (χ0) is 17.5. The fraction of sp³-hybridized carbons (Fsp3) is 0.476. The largest absolute Gasteiger partial charge is 0.357 e. The Kier molecular flexibility index (Phi) is 6.42. The Morgan fingerprint density at radius 2 is 1.80 bits per heavy atom. The molecule has 2 heterocycles. The van der Waals surface area contributed by atoms with Crippen molar-refractivity contribution >= 4 is 5.82 Å². The van der Waals surface area contributed by atoms with Crippen molar-refractivity contribution in [1.82, 2.24) is 15.2 Å². The number of nitrogens with one attached hydrogen (secondary N) is 1. The lowest BCUT2D eigenvalue weighted by molar-refractivity contribution is 0.294. The summed E-state index contributed by atoms with van der Waals surface area (Å²) in [6, 6.07) is 18.1. The molecule has 0 aliphatic carbocycles. The maximum absolute atomic E-state index is 4.48. The van der Waals surface area contributed by atoms with Crippen LogP contribution in [0.5, 0.6) is 0 Å². The second kappa shape index (κ2) is 8.97. The molecule has 0 amide bonds. The molecule has 0 saturated carbocycles. The van der Waals surface area contributed by atoms with Crippen LogP contribution in [0.2, 0.25) is 0 Å². The van der Waals surface area contributed by atoms with Gasteiger partial charge in [-0.15, -0.1) is 0 Å². The summed E-state index contributed by atoms with van der Waals surface area (Å²) in [6.45, 7) is 3.22. The number of nitrogens with zero attached hydrogens (tertiary/aromatic N) is 3. The van der Waals surface area contributed by atoms with Crippen molar-refractivity contribution in [1.29, 1.82) is 0 Å². The van der Waals surface area contributed by atoms with Gasteiger partial charge in [0.15, 0.2) is 0 Å². The Balaban J connectivity index is 1.54. The van der Waals surface area contributed by atoms with Gasteiger partial charge in [0.25, 0.3) is 0 Å². The van der Waals surface area contributed by atoms with Gasteiger partial charge in [0.05, 0.1) is 0 Å². The quantitative estimate of drug-likeness (QED) is 0.841. The van der Waals surface area contributed by atoms with Gasteiger partial charge in [-0.3, -0.25) is 0 Å². The van der Waals surface area contributed by atoms with Crippen molar-refractivity contribution in [3.8, 4) is 0 Å². The fourth-order valence-corrected chi connectivity index (χ4v) is 3.66. The average molecular weight is 338 g/mol. The first-order chi connectivity index (χ1) is 12.2. The van der Waals surface area contributed by atoms with Crippen molar-refractivity contribution in [3.05, 3.63) is 60.3 Å². The number of piperidine rings is 1. The van der Waals surface area contributed by atoms with E-state index < -0.39 is 0 Å². The topological polar surface area (TPSA) is 31.4 Å². The number of pyridine rings is 1. The number of hydrogen-bond acceptors (Lipinski definition) is 4. The molecule has 1 N–H and O–H groups in total. The zero-order valence-corrected chi connectivity index (χ0v) is 15.4. The lowest BCUT2D eigenvalue weighted by atomic mass is 10.0. The minimum atomic E-state index is 0.490. The zero-order valence-electron chi connectivity index (χ0n) is 15.4. The molecule has 0 unspecified atom stereocenters. The first kappa shape index (κ1) is 17.9. The van der Waals surface area contributed by atoms with Gasteiger partial charge in [0.2, 0.25) is 0 Å². The van der Waals surface area contributed by atoms with Crippen molar-refractivity contribution in [2.75, 3.05) is 38.6 Å². The van der Waals surface area contributed by atoms with Gasteiger partial charge in [-0.2, -0.15) is 0 Å². The summed E-state index contributed by atoms with van der Waals surface area (Å²) >= 11 is 0. The maximum Gasteiger partial charge on any atom is 0.128 e. The van der Waals surface area contributed by atoms with Gasteiger partial charge in [-0.1, -0.05) is 36.4 Å². The highest BCUT2D eigenvalue weighted by Gasteiger charge is 2.22. The maximum atomic E-state index is 4.48. The van der Waals surface area contributed by atoms with Crippen molar-refractivity contribution in [3.63, 3.8) is 0 Å². The minimum absolute atomic E-state index is 0.490. The van der Waals surface area contributed by atoms with Crippen LogP contribution in [0.15, 0.2) is 54.7 Å². The number of anilines is 1. The molecule has 1 saturated heterocycles. The second-order valence-corrected chi connectivity index (χ2v) is 7.26. The average Bonchev–Trinajstić information content (AvgIpc) is 2.63. The molecule has 1 aromatic heterocycles. The fourth-order valence-electron chi connectivity index (χ4n) is 3.66. The van der Waals surface area contributed by atoms with E-state index >= 15 is 0 Å². The minimum Gasteiger partial charge on any atom is -0.357 e. The molecular formula is C21H30N4. The third kappa shape index (κ3) is 5.55. The van der Waals surface area contributed by atoms with Crippen LogP contribution in [0, 0.1) is 0 Å². The number of benzene rings is 1. The van der Waals surface area contributed by atoms with E-state index in [1.54, 1.807) is 0 Å². The Bertz CT molecular complexity index is 606. The lowest BCUT2D eigenvalue weighted by Crippen LogP contribution is -2.50. The van der Waals surface area contributed by atoms with E-state index in [1.165, 1.54) is 18.4 Å². The van der Waals surface area contributed by atoms with Gasteiger partial charge in [0, 0.05) is 37.9 Å². The van der Waals surface area contributed by atoms with Crippen LogP contribution in [0.25, 0.3) is 0 Å². The van der Waals surface area contributed by atoms with E-state index in [0.29, 0.717) is 12.1 Å². The Morgan fingerprint density at radius 1 is 1.08 bits per heavy atom. The number of aromatic nitrogens is 1. The van der Waals surface area contributed by atoms with E-state index in [9.17, 15) is 0 Å². The molecular weight excluding hydrogens is 308 g/mol. The van der Waals surface area contributed by atoms with Gasteiger partial charge < -0.3 is 15.1 Å². The third-order valence-corrected chi connectivity index (χ3v) is 4.85. The van der Waals surface area contributed by atoms with Gasteiger partial charge in [-0.25, -0.2) is 4.98 Å². The molecule has 3 rings (SSSR count). The third-order valence-electron chi connectivity index (χ3n) is 4.85. The highest BCUT2D eigenvalue weighted by molar-refractivity contribution is 5.38. The standard InChI is InChI=1S/C21H30N4/c1-24(2)17-20(16-18-8-4-3-5-9-18)23-19-11-14-25(15-12-19)21-10-6-7-13-22-21/h3-10,13,19-20,23H,11-12,14-17H2,1-2H3/t20-/m0/s1. The molecule has 0 radical (unpaired) electrons. The predicted molar refractivity (Wildman–Crippen MR) is 105 cm³/mol. The van der Waals surface area contributed by atoms with Crippen LogP contribution in [0.3, 0.4) is 0 Å². The van der Waals surface area contributed by atoms with E-state index in [0.717, 1.165) is 31.9 Å². The van der Waals surface area contributed by atoms with Crippen LogP contribution >= 0.6 is 0 Å². The number of likely N-dealkylation sites (N-methyl/N-ethyl adjacent to an activating group) is 1. The summed E-state index contributed by atoms with van der Waals surface area (Å²) in [5.41, 5.74) is 1.41. The predicted octanol–water partition coefficient (Wildman–Crippen LogP) is 2.81. The van der Waals surface area contributed by atoms with E-state index in [4.69, 9.17) is 0 Å². The van der Waals surface area contributed by atoms with E-state index in [2.05, 4.69) is 76.7 Å².